The van der Waals surface area contributed by atoms with Crippen molar-refractivity contribution in [3.63, 3.8) is 0 Å². The van der Waals surface area contributed by atoms with Gasteiger partial charge in [0.2, 0.25) is 0 Å². The highest BCUT2D eigenvalue weighted by molar-refractivity contribution is 5.31. The zero-order chi connectivity index (χ0) is 27.7. The molecule has 38 heavy (non-hydrogen) atoms. The lowest BCUT2D eigenvalue weighted by Crippen LogP contribution is -2.38. The molecule has 0 unspecified atom stereocenters. The van der Waals surface area contributed by atoms with Crippen molar-refractivity contribution >= 4 is 0 Å². The van der Waals surface area contributed by atoms with E-state index in [1.54, 1.807) is 6.07 Å². The smallest absolute Gasteiger partial charge is 0.317 e. The zero-order valence-corrected chi connectivity index (χ0v) is 21.2. The van der Waals surface area contributed by atoms with Crippen molar-refractivity contribution in [3.05, 3.63) is 70.0 Å². The third-order valence-corrected chi connectivity index (χ3v) is 8.06. The van der Waals surface area contributed by atoms with Gasteiger partial charge in [-0.2, -0.15) is 22.0 Å². The summed E-state index contributed by atoms with van der Waals surface area (Å²) in [4.78, 5) is 0. The quantitative estimate of drug-likeness (QED) is 0.313. The summed E-state index contributed by atoms with van der Waals surface area (Å²) in [6.07, 6.45) is -5.35. The number of hydrogen-bond donors (Lipinski definition) is 0. The van der Waals surface area contributed by atoms with Gasteiger partial charge in [0.25, 0.3) is 0 Å². The summed E-state index contributed by atoms with van der Waals surface area (Å²) in [5.74, 6) is -5.18. The molecule has 0 atom stereocenters. The monoisotopic (exact) mass is 548 g/mol. The van der Waals surface area contributed by atoms with Crippen molar-refractivity contribution in [3.8, 4) is 0 Å². The Hall–Kier alpha value is -2.16. The summed E-state index contributed by atoms with van der Waals surface area (Å²) in [5.41, 5.74) is -0.344. The molecule has 0 amide bonds. The molecule has 0 bridgehead atoms. The third kappa shape index (κ3) is 6.52. The SMILES string of the molecule is CCCc1ccc(C2CCC(C(F)(F)OC3CCC(c4cc(F)c(C(F)(F)F)c(F)c4)CC3)CC2)c(F)c1. The van der Waals surface area contributed by atoms with Crippen molar-refractivity contribution in [1.82, 2.24) is 0 Å². The van der Waals surface area contributed by atoms with Gasteiger partial charge in [0.15, 0.2) is 0 Å². The van der Waals surface area contributed by atoms with Crippen molar-refractivity contribution in [2.24, 2.45) is 5.92 Å². The predicted molar refractivity (Wildman–Crippen MR) is 127 cm³/mol. The molecule has 2 aliphatic carbocycles. The lowest BCUT2D eigenvalue weighted by molar-refractivity contribution is -0.300. The van der Waals surface area contributed by atoms with Crippen LogP contribution in [0, 0.1) is 23.4 Å². The van der Waals surface area contributed by atoms with Crippen LogP contribution < -0.4 is 0 Å². The number of ether oxygens (including phenoxy) is 1. The Morgan fingerprint density at radius 1 is 0.737 bits per heavy atom. The van der Waals surface area contributed by atoms with E-state index in [0.29, 0.717) is 30.5 Å². The van der Waals surface area contributed by atoms with Crippen LogP contribution >= 0.6 is 0 Å². The van der Waals surface area contributed by atoms with E-state index in [-0.39, 0.29) is 55.8 Å². The fourth-order valence-electron chi connectivity index (χ4n) is 6.02. The van der Waals surface area contributed by atoms with Gasteiger partial charge >= 0.3 is 12.3 Å². The summed E-state index contributed by atoms with van der Waals surface area (Å²) >= 11 is 0. The van der Waals surface area contributed by atoms with Crippen molar-refractivity contribution in [2.45, 2.75) is 101 Å². The van der Waals surface area contributed by atoms with Gasteiger partial charge in [-0.1, -0.05) is 25.5 Å². The van der Waals surface area contributed by atoms with E-state index in [1.807, 2.05) is 13.0 Å². The first-order valence-electron chi connectivity index (χ1n) is 13.3. The van der Waals surface area contributed by atoms with Crippen LogP contribution in [0.3, 0.4) is 0 Å². The van der Waals surface area contributed by atoms with Crippen LogP contribution in [0.2, 0.25) is 0 Å². The summed E-state index contributed by atoms with van der Waals surface area (Å²) in [6, 6.07) is 6.57. The average Bonchev–Trinajstić information content (AvgIpc) is 2.83. The topological polar surface area (TPSA) is 9.23 Å². The molecule has 2 aromatic carbocycles. The molecule has 4 rings (SSSR count). The summed E-state index contributed by atoms with van der Waals surface area (Å²) in [5, 5.41) is 0. The third-order valence-electron chi connectivity index (χ3n) is 8.06. The Morgan fingerprint density at radius 2 is 1.32 bits per heavy atom. The highest BCUT2D eigenvalue weighted by Gasteiger charge is 2.45. The van der Waals surface area contributed by atoms with Gasteiger partial charge in [-0.05, 0) is 105 Å². The average molecular weight is 549 g/mol. The van der Waals surface area contributed by atoms with E-state index in [2.05, 4.69) is 0 Å². The minimum atomic E-state index is -5.14. The predicted octanol–water partition coefficient (Wildman–Crippen LogP) is 9.68. The van der Waals surface area contributed by atoms with Gasteiger partial charge in [0.1, 0.15) is 23.0 Å². The molecule has 0 radical (unpaired) electrons. The maximum Gasteiger partial charge on any atom is 0.422 e. The number of benzene rings is 2. The second-order valence-electron chi connectivity index (χ2n) is 10.7. The maximum atomic E-state index is 15.0. The second-order valence-corrected chi connectivity index (χ2v) is 10.7. The second kappa shape index (κ2) is 11.5. The van der Waals surface area contributed by atoms with Crippen molar-refractivity contribution in [1.29, 1.82) is 0 Å². The molecule has 2 aliphatic rings. The molecule has 0 aromatic heterocycles. The first-order chi connectivity index (χ1) is 17.9. The molecular weight excluding hydrogens is 516 g/mol. The molecule has 2 fully saturated rings. The number of aryl methyl sites for hydroxylation is 1. The Labute approximate surface area is 217 Å². The van der Waals surface area contributed by atoms with Gasteiger partial charge in [-0.15, -0.1) is 0 Å². The van der Waals surface area contributed by atoms with E-state index >= 15 is 8.78 Å². The fourth-order valence-corrected chi connectivity index (χ4v) is 6.02. The van der Waals surface area contributed by atoms with Crippen LogP contribution in [0.25, 0.3) is 0 Å². The number of halogens is 8. The van der Waals surface area contributed by atoms with Crippen molar-refractivity contribution < 1.29 is 39.9 Å². The summed E-state index contributed by atoms with van der Waals surface area (Å²) < 4.78 is 116. The molecule has 2 aromatic rings. The van der Waals surface area contributed by atoms with E-state index in [0.717, 1.165) is 18.4 Å². The number of alkyl halides is 5. The minimum Gasteiger partial charge on any atom is -0.317 e. The largest absolute Gasteiger partial charge is 0.422 e. The normalized spacial score (nSPS) is 25.0. The van der Waals surface area contributed by atoms with E-state index in [9.17, 15) is 26.3 Å². The van der Waals surface area contributed by atoms with Crippen LogP contribution in [-0.2, 0) is 17.3 Å². The molecular formula is C29H32F8O. The highest BCUT2D eigenvalue weighted by Crippen LogP contribution is 2.46. The number of hydrogen-bond acceptors (Lipinski definition) is 1. The van der Waals surface area contributed by atoms with Gasteiger partial charge in [-0.3, -0.25) is 0 Å². The van der Waals surface area contributed by atoms with Crippen LogP contribution in [0.1, 0.15) is 98.8 Å². The summed E-state index contributed by atoms with van der Waals surface area (Å²) in [7, 11) is 0. The zero-order valence-electron chi connectivity index (χ0n) is 21.2. The number of rotatable bonds is 7. The van der Waals surface area contributed by atoms with Gasteiger partial charge in [0, 0.05) is 0 Å². The minimum absolute atomic E-state index is 0.0893. The molecule has 9 heteroatoms. The first-order valence-corrected chi connectivity index (χ1v) is 13.3. The maximum absolute atomic E-state index is 15.0. The van der Waals surface area contributed by atoms with Crippen LogP contribution in [0.4, 0.5) is 35.1 Å². The molecule has 0 saturated heterocycles. The van der Waals surface area contributed by atoms with Crippen molar-refractivity contribution in [2.75, 3.05) is 0 Å². The van der Waals surface area contributed by atoms with Crippen LogP contribution in [-0.4, -0.2) is 12.2 Å². The Kier molecular flexibility index (Phi) is 8.75. The van der Waals surface area contributed by atoms with Gasteiger partial charge in [0.05, 0.1) is 12.0 Å². The fraction of sp³-hybridized carbons (Fsp3) is 0.586. The lowest BCUT2D eigenvalue weighted by Gasteiger charge is -2.37. The standard InChI is InChI=1S/C29H32F8O/c1-2-3-17-4-13-23(24(30)14-17)19-5-9-21(10-6-19)29(36,37)38-22-11-7-18(8-12-22)20-15-25(31)27(26(32)16-20)28(33,34)35/h4,13-16,18-19,21-22H,2-3,5-12H2,1H3. The molecule has 2 saturated carbocycles. The first kappa shape index (κ1) is 28.8. The van der Waals surface area contributed by atoms with E-state index in [1.165, 1.54) is 6.07 Å². The molecule has 210 valence electrons. The highest BCUT2D eigenvalue weighted by atomic mass is 19.4. The van der Waals surface area contributed by atoms with Crippen LogP contribution in [0.15, 0.2) is 30.3 Å². The Bertz CT molecular complexity index is 1070. The molecule has 0 N–H and O–H groups in total. The Morgan fingerprint density at radius 3 is 1.84 bits per heavy atom. The van der Waals surface area contributed by atoms with Gasteiger partial charge < -0.3 is 4.74 Å². The van der Waals surface area contributed by atoms with Gasteiger partial charge in [-0.25, -0.2) is 13.2 Å². The Balaban J connectivity index is 1.30. The summed E-state index contributed by atoms with van der Waals surface area (Å²) in [6.45, 7) is 2.02. The molecule has 0 aliphatic heterocycles. The van der Waals surface area contributed by atoms with E-state index in [4.69, 9.17) is 4.74 Å². The molecule has 0 heterocycles. The molecule has 0 spiro atoms. The van der Waals surface area contributed by atoms with Crippen LogP contribution in [0.5, 0.6) is 0 Å². The molecule has 1 nitrogen and oxygen atoms in total. The van der Waals surface area contributed by atoms with E-state index < -0.39 is 47.4 Å². The lowest BCUT2D eigenvalue weighted by atomic mass is 9.77.